The average Bonchev–Trinajstić information content (AvgIpc) is 2.40. The van der Waals surface area contributed by atoms with Crippen LogP contribution in [0.4, 0.5) is 5.69 Å². The maximum absolute atomic E-state index is 11.6. The number of nitrogens with one attached hydrogen (secondary N) is 1. The topological polar surface area (TPSA) is 38.3 Å². The molecule has 1 aromatic carbocycles. The molecule has 0 amide bonds. The van der Waals surface area contributed by atoms with Crippen LogP contribution in [0.25, 0.3) is 0 Å². The van der Waals surface area contributed by atoms with Crippen molar-refractivity contribution in [3.8, 4) is 0 Å². The molecule has 0 aromatic heterocycles. The molecule has 2 rings (SSSR count). The van der Waals surface area contributed by atoms with Crippen molar-refractivity contribution in [3.05, 3.63) is 29.8 Å². The minimum Gasteiger partial charge on any atom is -0.465 e. The lowest BCUT2D eigenvalue weighted by molar-refractivity contribution is 0.0602. The van der Waals surface area contributed by atoms with E-state index >= 15 is 0 Å². The Kier molecular flexibility index (Phi) is 4.31. The summed E-state index contributed by atoms with van der Waals surface area (Å²) in [7, 11) is 1.41. The molecular formula is C13H17NO2S. The third kappa shape index (κ3) is 3.16. The summed E-state index contributed by atoms with van der Waals surface area (Å²) in [5.74, 6) is 2.07. The quantitative estimate of drug-likeness (QED) is 0.838. The molecule has 92 valence electrons. The van der Waals surface area contributed by atoms with Gasteiger partial charge >= 0.3 is 5.97 Å². The Morgan fingerprint density at radius 1 is 1.47 bits per heavy atom. The van der Waals surface area contributed by atoms with Gasteiger partial charge in [0, 0.05) is 17.5 Å². The summed E-state index contributed by atoms with van der Waals surface area (Å²) in [4.78, 5) is 11.6. The highest BCUT2D eigenvalue weighted by Crippen LogP contribution is 2.23. The first-order chi connectivity index (χ1) is 8.31. The SMILES string of the molecule is COC(=O)c1ccccc1NC1CCCSC1. The molecule has 1 aromatic rings. The number of benzene rings is 1. The van der Waals surface area contributed by atoms with Crippen LogP contribution >= 0.6 is 11.8 Å². The predicted octanol–water partition coefficient (Wildman–Crippen LogP) is 2.78. The van der Waals surface area contributed by atoms with Gasteiger partial charge in [-0.05, 0) is 30.7 Å². The van der Waals surface area contributed by atoms with E-state index in [0.717, 1.165) is 11.4 Å². The number of ether oxygens (including phenoxy) is 1. The standard InChI is InChI=1S/C13H17NO2S/c1-16-13(15)11-6-2-3-7-12(11)14-10-5-4-8-17-9-10/h2-3,6-7,10,14H,4-5,8-9H2,1H3. The highest BCUT2D eigenvalue weighted by molar-refractivity contribution is 7.99. The van der Waals surface area contributed by atoms with Crippen LogP contribution in [0.15, 0.2) is 24.3 Å². The molecule has 1 heterocycles. The van der Waals surface area contributed by atoms with Crippen LogP contribution in [-0.2, 0) is 4.74 Å². The van der Waals surface area contributed by atoms with E-state index < -0.39 is 0 Å². The lowest BCUT2D eigenvalue weighted by Gasteiger charge is -2.24. The highest BCUT2D eigenvalue weighted by Gasteiger charge is 2.17. The number of carbonyl (C=O) groups is 1. The molecule has 1 N–H and O–H groups in total. The van der Waals surface area contributed by atoms with Crippen molar-refractivity contribution in [1.82, 2.24) is 0 Å². The van der Waals surface area contributed by atoms with Crippen molar-refractivity contribution in [2.24, 2.45) is 0 Å². The Labute approximate surface area is 106 Å². The zero-order chi connectivity index (χ0) is 12.1. The second-order valence-electron chi connectivity index (χ2n) is 4.10. The monoisotopic (exact) mass is 251 g/mol. The van der Waals surface area contributed by atoms with Gasteiger partial charge in [-0.15, -0.1) is 0 Å². The number of rotatable bonds is 3. The fraction of sp³-hybridized carbons (Fsp3) is 0.462. The number of hydrogen-bond acceptors (Lipinski definition) is 4. The first-order valence-electron chi connectivity index (χ1n) is 5.83. The largest absolute Gasteiger partial charge is 0.465 e. The first-order valence-corrected chi connectivity index (χ1v) is 6.98. The van der Waals surface area contributed by atoms with E-state index in [0.29, 0.717) is 11.6 Å². The van der Waals surface area contributed by atoms with E-state index in [1.807, 2.05) is 30.0 Å². The Hall–Kier alpha value is -1.16. The molecule has 17 heavy (non-hydrogen) atoms. The van der Waals surface area contributed by atoms with Crippen LogP contribution in [-0.4, -0.2) is 30.6 Å². The fourth-order valence-electron chi connectivity index (χ4n) is 1.97. The van der Waals surface area contributed by atoms with Gasteiger partial charge in [-0.2, -0.15) is 11.8 Å². The maximum Gasteiger partial charge on any atom is 0.339 e. The van der Waals surface area contributed by atoms with Gasteiger partial charge in [0.15, 0.2) is 0 Å². The normalized spacial score (nSPS) is 19.7. The molecule has 0 radical (unpaired) electrons. The zero-order valence-corrected chi connectivity index (χ0v) is 10.8. The number of esters is 1. The van der Waals surface area contributed by atoms with Gasteiger partial charge in [-0.1, -0.05) is 12.1 Å². The van der Waals surface area contributed by atoms with Crippen LogP contribution in [0.3, 0.4) is 0 Å². The van der Waals surface area contributed by atoms with Crippen molar-refractivity contribution < 1.29 is 9.53 Å². The summed E-state index contributed by atoms with van der Waals surface area (Å²) in [6, 6.07) is 7.98. The van der Waals surface area contributed by atoms with Crippen LogP contribution in [0.5, 0.6) is 0 Å². The molecule has 0 aliphatic carbocycles. The minimum absolute atomic E-state index is 0.281. The maximum atomic E-state index is 11.6. The van der Waals surface area contributed by atoms with Gasteiger partial charge in [0.25, 0.3) is 0 Å². The minimum atomic E-state index is -0.281. The van der Waals surface area contributed by atoms with Gasteiger partial charge in [-0.3, -0.25) is 0 Å². The van der Waals surface area contributed by atoms with E-state index in [2.05, 4.69) is 5.32 Å². The number of anilines is 1. The van der Waals surface area contributed by atoms with E-state index in [-0.39, 0.29) is 5.97 Å². The second kappa shape index (κ2) is 5.96. The summed E-state index contributed by atoms with van der Waals surface area (Å²) in [5.41, 5.74) is 1.50. The molecule has 0 saturated carbocycles. The smallest absolute Gasteiger partial charge is 0.339 e. The first kappa shape index (κ1) is 12.3. The summed E-state index contributed by atoms with van der Waals surface area (Å²) in [6.07, 6.45) is 2.41. The van der Waals surface area contributed by atoms with Crippen LogP contribution < -0.4 is 5.32 Å². The Morgan fingerprint density at radius 2 is 2.29 bits per heavy atom. The lowest BCUT2D eigenvalue weighted by atomic mass is 10.1. The van der Waals surface area contributed by atoms with Gasteiger partial charge in [0.05, 0.1) is 12.7 Å². The molecule has 4 heteroatoms. The number of carbonyl (C=O) groups excluding carboxylic acids is 1. The Morgan fingerprint density at radius 3 is 3.00 bits per heavy atom. The Balaban J connectivity index is 2.11. The van der Waals surface area contributed by atoms with Crippen LogP contribution in [0.2, 0.25) is 0 Å². The lowest BCUT2D eigenvalue weighted by Crippen LogP contribution is -2.26. The second-order valence-corrected chi connectivity index (χ2v) is 5.25. The molecule has 0 bridgehead atoms. The van der Waals surface area contributed by atoms with Crippen molar-refractivity contribution in [2.45, 2.75) is 18.9 Å². The molecule has 1 atom stereocenters. The molecule has 1 fully saturated rings. The fourth-order valence-corrected chi connectivity index (χ4v) is 3.04. The van der Waals surface area contributed by atoms with E-state index in [4.69, 9.17) is 4.74 Å². The van der Waals surface area contributed by atoms with Crippen molar-refractivity contribution >= 4 is 23.4 Å². The van der Waals surface area contributed by atoms with Crippen LogP contribution in [0.1, 0.15) is 23.2 Å². The number of thioether (sulfide) groups is 1. The van der Waals surface area contributed by atoms with Crippen LogP contribution in [0, 0.1) is 0 Å². The summed E-state index contributed by atoms with van der Waals surface area (Å²) >= 11 is 1.96. The van der Waals surface area contributed by atoms with Gasteiger partial charge in [0.2, 0.25) is 0 Å². The molecule has 1 saturated heterocycles. The molecular weight excluding hydrogens is 234 g/mol. The molecule has 1 aliphatic heterocycles. The number of hydrogen-bond donors (Lipinski definition) is 1. The van der Waals surface area contributed by atoms with E-state index in [1.165, 1.54) is 25.7 Å². The summed E-state index contributed by atoms with van der Waals surface area (Å²) in [6.45, 7) is 0. The molecule has 1 aliphatic rings. The number of para-hydroxylation sites is 1. The van der Waals surface area contributed by atoms with Gasteiger partial charge in [0.1, 0.15) is 0 Å². The zero-order valence-electron chi connectivity index (χ0n) is 9.94. The number of methoxy groups -OCH3 is 1. The highest BCUT2D eigenvalue weighted by atomic mass is 32.2. The third-order valence-corrected chi connectivity index (χ3v) is 4.07. The van der Waals surface area contributed by atoms with Crippen molar-refractivity contribution in [3.63, 3.8) is 0 Å². The van der Waals surface area contributed by atoms with E-state index in [9.17, 15) is 4.79 Å². The van der Waals surface area contributed by atoms with Gasteiger partial charge in [-0.25, -0.2) is 4.79 Å². The summed E-state index contributed by atoms with van der Waals surface area (Å²) in [5, 5.41) is 3.44. The summed E-state index contributed by atoms with van der Waals surface area (Å²) < 4.78 is 4.78. The van der Waals surface area contributed by atoms with Crippen molar-refractivity contribution in [2.75, 3.05) is 23.9 Å². The Bertz CT molecular complexity index is 389. The molecule has 3 nitrogen and oxygen atoms in total. The van der Waals surface area contributed by atoms with Crippen molar-refractivity contribution in [1.29, 1.82) is 0 Å². The van der Waals surface area contributed by atoms with Gasteiger partial charge < -0.3 is 10.1 Å². The predicted molar refractivity (Wildman–Crippen MR) is 71.8 cm³/mol. The molecule has 0 spiro atoms. The average molecular weight is 251 g/mol. The van der Waals surface area contributed by atoms with E-state index in [1.54, 1.807) is 6.07 Å². The third-order valence-electron chi connectivity index (χ3n) is 2.85. The molecule has 1 unspecified atom stereocenters.